The van der Waals surface area contributed by atoms with Crippen molar-refractivity contribution in [3.8, 4) is 5.69 Å². The third-order valence-corrected chi connectivity index (χ3v) is 3.74. The minimum atomic E-state index is -5.44. The van der Waals surface area contributed by atoms with Crippen molar-refractivity contribution in [1.29, 1.82) is 0 Å². The van der Waals surface area contributed by atoms with Crippen LogP contribution >= 0.6 is 0 Å². The number of carbonyl (C=O) groups is 1. The average Bonchev–Trinajstić information content (AvgIpc) is 2.76. The summed E-state index contributed by atoms with van der Waals surface area (Å²) < 4.78 is 78.5. The van der Waals surface area contributed by atoms with Crippen LogP contribution in [0.25, 0.3) is 5.69 Å². The fourth-order valence-corrected chi connectivity index (χ4v) is 2.27. The van der Waals surface area contributed by atoms with Crippen molar-refractivity contribution in [1.82, 2.24) is 9.36 Å². The van der Waals surface area contributed by atoms with Gasteiger partial charge in [-0.1, -0.05) is 18.2 Å². The zero-order valence-electron chi connectivity index (χ0n) is 14.0. The van der Waals surface area contributed by atoms with Crippen LogP contribution in [0.4, 0.5) is 32.0 Å². The summed E-state index contributed by atoms with van der Waals surface area (Å²) >= 11 is 0. The summed E-state index contributed by atoms with van der Waals surface area (Å²) in [5, 5.41) is 0. The molecule has 1 aromatic carbocycles. The first kappa shape index (κ1) is 20.5. The molecule has 0 spiro atoms. The van der Waals surface area contributed by atoms with Gasteiger partial charge in [-0.25, -0.2) is 9.67 Å². The Labute approximate surface area is 148 Å². The van der Waals surface area contributed by atoms with E-state index in [1.165, 1.54) is 30.8 Å². The van der Waals surface area contributed by atoms with Gasteiger partial charge in [-0.2, -0.15) is 26.3 Å². The normalized spacial score (nSPS) is 13.1. The highest BCUT2D eigenvalue weighted by atomic mass is 19.4. The van der Waals surface area contributed by atoms with Crippen molar-refractivity contribution in [2.24, 2.45) is 12.0 Å². The van der Waals surface area contributed by atoms with Crippen LogP contribution in [-0.4, -0.2) is 33.2 Å². The topological polar surface area (TPSA) is 56.4 Å². The molecule has 0 saturated heterocycles. The van der Waals surface area contributed by atoms with Gasteiger partial charge in [0.05, 0.1) is 17.8 Å². The maximum atomic E-state index is 13.1. The zero-order chi connectivity index (χ0) is 20.6. The highest BCUT2D eigenvalue weighted by molar-refractivity contribution is 6.07. The van der Waals surface area contributed by atoms with Crippen molar-refractivity contribution >= 4 is 17.2 Å². The van der Waals surface area contributed by atoms with Gasteiger partial charge in [0, 0.05) is 7.05 Å². The van der Waals surface area contributed by atoms with E-state index in [4.69, 9.17) is 0 Å². The Bertz CT molecular complexity index is 936. The van der Waals surface area contributed by atoms with Crippen LogP contribution in [0.3, 0.4) is 0 Å². The van der Waals surface area contributed by atoms with E-state index in [0.717, 1.165) is 4.68 Å². The molecule has 0 saturated carbocycles. The second-order valence-corrected chi connectivity index (χ2v) is 5.56. The number of carbonyl (C=O) groups excluding carboxylic acids is 1. The largest absolute Gasteiger partial charge is 0.450 e. The third kappa shape index (κ3) is 4.29. The molecule has 146 valence electrons. The lowest BCUT2D eigenvalue weighted by Gasteiger charge is -2.11. The quantitative estimate of drug-likeness (QED) is 0.588. The molecule has 27 heavy (non-hydrogen) atoms. The number of rotatable bonds is 4. The van der Waals surface area contributed by atoms with Gasteiger partial charge in [0.15, 0.2) is 5.69 Å². The Balaban J connectivity index is 2.62. The van der Waals surface area contributed by atoms with Gasteiger partial charge in [0.1, 0.15) is 5.71 Å². The fraction of sp³-hybridized carbons (Fsp3) is 0.312. The molecule has 1 heterocycles. The van der Waals surface area contributed by atoms with Gasteiger partial charge in [0.2, 0.25) is 5.78 Å². The molecule has 0 aliphatic rings. The summed E-state index contributed by atoms with van der Waals surface area (Å²) in [5.74, 6) is -2.60. The number of benzene rings is 1. The van der Waals surface area contributed by atoms with Crippen molar-refractivity contribution in [3.05, 3.63) is 46.4 Å². The molecule has 0 amide bonds. The predicted molar refractivity (Wildman–Crippen MR) is 84.6 cm³/mol. The monoisotopic (exact) mass is 393 g/mol. The minimum Gasteiger partial charge on any atom is -0.289 e. The Kier molecular flexibility index (Phi) is 5.34. The van der Waals surface area contributed by atoms with Crippen molar-refractivity contribution < 1.29 is 31.1 Å². The van der Waals surface area contributed by atoms with Crippen LogP contribution < -0.4 is 5.56 Å². The smallest absolute Gasteiger partial charge is 0.289 e. The van der Waals surface area contributed by atoms with Crippen LogP contribution in [-0.2, 0) is 11.8 Å². The SMILES string of the molecule is Cc1c(N=C(CC(=O)C(F)(F)F)C(F)(F)F)c(=O)n(-c2ccccc2)n1C. The number of aliphatic imine (C=N–C) groups is 1. The van der Waals surface area contributed by atoms with Crippen molar-refractivity contribution in [2.75, 3.05) is 0 Å². The van der Waals surface area contributed by atoms with E-state index in [1.807, 2.05) is 0 Å². The summed E-state index contributed by atoms with van der Waals surface area (Å²) in [6.07, 6.45) is -12.8. The van der Waals surface area contributed by atoms with Crippen LogP contribution in [0.2, 0.25) is 0 Å². The van der Waals surface area contributed by atoms with Crippen molar-refractivity contribution in [2.45, 2.75) is 25.7 Å². The highest BCUT2D eigenvalue weighted by Gasteiger charge is 2.45. The maximum absolute atomic E-state index is 13.1. The lowest BCUT2D eigenvalue weighted by molar-refractivity contribution is -0.170. The first-order valence-corrected chi connectivity index (χ1v) is 7.43. The number of ketones is 1. The molecule has 0 fully saturated rings. The molecular formula is C16H13F6N3O2. The highest BCUT2D eigenvalue weighted by Crippen LogP contribution is 2.27. The van der Waals surface area contributed by atoms with E-state index in [0.29, 0.717) is 5.69 Å². The molecule has 2 rings (SSSR count). The van der Waals surface area contributed by atoms with E-state index in [-0.39, 0.29) is 5.69 Å². The number of para-hydroxylation sites is 1. The molecular weight excluding hydrogens is 380 g/mol. The van der Waals surface area contributed by atoms with Gasteiger partial charge < -0.3 is 0 Å². The van der Waals surface area contributed by atoms with Gasteiger partial charge >= 0.3 is 12.4 Å². The summed E-state index contributed by atoms with van der Waals surface area (Å²) in [6, 6.07) is 7.89. The second kappa shape index (κ2) is 7.05. The van der Waals surface area contributed by atoms with Crippen LogP contribution in [0, 0.1) is 6.92 Å². The third-order valence-electron chi connectivity index (χ3n) is 3.74. The van der Waals surface area contributed by atoms with E-state index >= 15 is 0 Å². The zero-order valence-corrected chi connectivity index (χ0v) is 14.0. The summed E-state index contributed by atoms with van der Waals surface area (Å²) in [4.78, 5) is 26.6. The van der Waals surface area contributed by atoms with Crippen LogP contribution in [0.5, 0.6) is 0 Å². The number of Topliss-reactive ketones (excluding diaryl/α,β-unsaturated/α-hetero) is 1. The number of halogens is 6. The Hall–Kier alpha value is -2.85. The molecule has 0 aliphatic carbocycles. The second-order valence-electron chi connectivity index (χ2n) is 5.56. The lowest BCUT2D eigenvalue weighted by Crippen LogP contribution is -2.32. The first-order valence-electron chi connectivity index (χ1n) is 7.43. The number of hydrogen-bond acceptors (Lipinski definition) is 3. The molecule has 11 heteroatoms. The summed E-state index contributed by atoms with van der Waals surface area (Å²) in [6.45, 7) is 1.29. The molecule has 0 aliphatic heterocycles. The minimum absolute atomic E-state index is 0.00920. The summed E-state index contributed by atoms with van der Waals surface area (Å²) in [7, 11) is 1.39. The molecule has 0 radical (unpaired) electrons. The van der Waals surface area contributed by atoms with Crippen molar-refractivity contribution in [3.63, 3.8) is 0 Å². The van der Waals surface area contributed by atoms with Gasteiger partial charge in [-0.05, 0) is 19.1 Å². The fourth-order valence-electron chi connectivity index (χ4n) is 2.27. The molecule has 0 bridgehead atoms. The van der Waals surface area contributed by atoms with E-state index in [9.17, 15) is 35.9 Å². The first-order chi connectivity index (χ1) is 12.3. The lowest BCUT2D eigenvalue weighted by atomic mass is 10.1. The maximum Gasteiger partial charge on any atom is 0.450 e. The van der Waals surface area contributed by atoms with E-state index < -0.39 is 41.5 Å². The average molecular weight is 393 g/mol. The van der Waals surface area contributed by atoms with E-state index in [1.54, 1.807) is 18.2 Å². The predicted octanol–water partition coefficient (Wildman–Crippen LogP) is 3.64. The number of aromatic nitrogens is 2. The molecule has 0 N–H and O–H groups in total. The van der Waals surface area contributed by atoms with Gasteiger partial charge in [0.25, 0.3) is 5.56 Å². The number of alkyl halides is 6. The molecule has 5 nitrogen and oxygen atoms in total. The number of nitrogens with zero attached hydrogens (tertiary/aromatic N) is 3. The molecule has 0 unspecified atom stereocenters. The molecule has 0 atom stereocenters. The van der Waals surface area contributed by atoms with Crippen LogP contribution in [0.1, 0.15) is 12.1 Å². The standard InChI is InChI=1S/C16H13F6N3O2/c1-9-13(14(27)25(24(9)2)10-6-4-3-5-7-10)23-11(15(17,18)19)8-12(26)16(20,21)22/h3-7H,8H2,1-2H3. The van der Waals surface area contributed by atoms with E-state index in [2.05, 4.69) is 4.99 Å². The molecule has 2 aromatic rings. The Morgan fingerprint density at radius 2 is 1.59 bits per heavy atom. The molecule has 1 aromatic heterocycles. The summed E-state index contributed by atoms with van der Waals surface area (Å²) in [5.41, 5.74) is -3.32. The number of hydrogen-bond donors (Lipinski definition) is 0. The van der Waals surface area contributed by atoms with Gasteiger partial charge in [-0.15, -0.1) is 0 Å². The van der Waals surface area contributed by atoms with Gasteiger partial charge in [-0.3, -0.25) is 14.3 Å². The Morgan fingerprint density at radius 1 is 1.04 bits per heavy atom. The van der Waals surface area contributed by atoms with Crippen LogP contribution in [0.15, 0.2) is 40.1 Å². The Morgan fingerprint density at radius 3 is 2.07 bits per heavy atom.